The number of hydrogen-bond donors (Lipinski definition) is 2. The summed E-state index contributed by atoms with van der Waals surface area (Å²) in [6, 6.07) is 8.76. The first kappa shape index (κ1) is 20.8. The third kappa shape index (κ3) is 5.22. The number of sulfonamides is 1. The zero-order chi connectivity index (χ0) is 20.4. The minimum Gasteiger partial charge on any atom is -0.326 e. The first-order valence-corrected chi connectivity index (χ1v) is 9.50. The molecule has 0 atom stereocenters. The SMILES string of the molecule is CC(=O)Nc1ccc(NS(=O)(=O)c2ccc(C(C)C)cc2)c(C(F)(F)F)c1. The highest BCUT2D eigenvalue weighted by molar-refractivity contribution is 7.92. The minimum atomic E-state index is -4.81. The van der Waals surface area contributed by atoms with Gasteiger partial charge < -0.3 is 5.32 Å². The Balaban J connectivity index is 2.41. The maximum atomic E-state index is 13.3. The van der Waals surface area contributed by atoms with Gasteiger partial charge in [0.25, 0.3) is 10.0 Å². The molecule has 0 heterocycles. The van der Waals surface area contributed by atoms with Gasteiger partial charge in [-0.3, -0.25) is 9.52 Å². The molecule has 0 aliphatic carbocycles. The summed E-state index contributed by atoms with van der Waals surface area (Å²) in [5, 5.41) is 2.24. The maximum absolute atomic E-state index is 13.3. The minimum absolute atomic E-state index is 0.0842. The van der Waals surface area contributed by atoms with Gasteiger partial charge in [0.15, 0.2) is 0 Å². The Hall–Kier alpha value is -2.55. The summed E-state index contributed by atoms with van der Waals surface area (Å²) in [5.74, 6) is -0.352. The van der Waals surface area contributed by atoms with Crippen molar-refractivity contribution in [3.05, 3.63) is 53.6 Å². The highest BCUT2D eigenvalue weighted by Gasteiger charge is 2.35. The fourth-order valence-electron chi connectivity index (χ4n) is 2.38. The van der Waals surface area contributed by atoms with Crippen LogP contribution in [0.1, 0.15) is 37.8 Å². The van der Waals surface area contributed by atoms with Crippen molar-refractivity contribution in [1.29, 1.82) is 0 Å². The van der Waals surface area contributed by atoms with Crippen LogP contribution in [-0.4, -0.2) is 14.3 Å². The van der Waals surface area contributed by atoms with E-state index in [0.717, 1.165) is 18.6 Å². The first-order valence-electron chi connectivity index (χ1n) is 8.02. The van der Waals surface area contributed by atoms with Crippen molar-refractivity contribution < 1.29 is 26.4 Å². The molecule has 2 aromatic carbocycles. The number of rotatable bonds is 5. The van der Waals surface area contributed by atoms with E-state index in [9.17, 15) is 26.4 Å². The highest BCUT2D eigenvalue weighted by atomic mass is 32.2. The molecule has 0 aliphatic heterocycles. The van der Waals surface area contributed by atoms with Gasteiger partial charge in [0.1, 0.15) is 0 Å². The van der Waals surface area contributed by atoms with E-state index >= 15 is 0 Å². The van der Waals surface area contributed by atoms with Gasteiger partial charge in [0.2, 0.25) is 5.91 Å². The Bertz CT molecular complexity index is 937. The zero-order valence-corrected chi connectivity index (χ0v) is 15.7. The molecule has 0 fully saturated rings. The van der Waals surface area contributed by atoms with Crippen LogP contribution in [0.3, 0.4) is 0 Å². The maximum Gasteiger partial charge on any atom is 0.418 e. The molecular formula is C18H19F3N2O3S. The molecule has 0 unspecified atom stereocenters. The van der Waals surface area contributed by atoms with E-state index in [1.165, 1.54) is 18.2 Å². The summed E-state index contributed by atoms with van der Waals surface area (Å²) < 4.78 is 66.9. The average Bonchev–Trinajstić information content (AvgIpc) is 2.54. The van der Waals surface area contributed by atoms with Crippen LogP contribution in [0, 0.1) is 0 Å². The van der Waals surface area contributed by atoms with Crippen LogP contribution in [0.2, 0.25) is 0 Å². The Morgan fingerprint density at radius 2 is 1.63 bits per heavy atom. The van der Waals surface area contributed by atoms with E-state index in [-0.39, 0.29) is 16.5 Å². The molecular weight excluding hydrogens is 381 g/mol. The van der Waals surface area contributed by atoms with Gasteiger partial charge in [-0.25, -0.2) is 8.42 Å². The molecule has 0 saturated carbocycles. The topological polar surface area (TPSA) is 75.3 Å². The molecule has 27 heavy (non-hydrogen) atoms. The molecule has 1 amide bonds. The second-order valence-corrected chi connectivity index (χ2v) is 7.95. The summed E-state index contributed by atoms with van der Waals surface area (Å²) in [4.78, 5) is 10.9. The molecule has 9 heteroatoms. The van der Waals surface area contributed by atoms with Crippen molar-refractivity contribution in [3.63, 3.8) is 0 Å². The fraction of sp³-hybridized carbons (Fsp3) is 0.278. The lowest BCUT2D eigenvalue weighted by Gasteiger charge is -2.16. The van der Waals surface area contributed by atoms with Gasteiger partial charge in [-0.1, -0.05) is 26.0 Å². The number of carbonyl (C=O) groups is 1. The van der Waals surface area contributed by atoms with Gasteiger partial charge in [-0.2, -0.15) is 13.2 Å². The Labute approximate surface area is 155 Å². The zero-order valence-electron chi connectivity index (χ0n) is 14.9. The van der Waals surface area contributed by atoms with Crippen molar-refractivity contribution >= 4 is 27.3 Å². The van der Waals surface area contributed by atoms with Crippen molar-refractivity contribution in [1.82, 2.24) is 0 Å². The molecule has 2 rings (SSSR count). The van der Waals surface area contributed by atoms with E-state index in [4.69, 9.17) is 0 Å². The van der Waals surface area contributed by atoms with Gasteiger partial charge in [0.05, 0.1) is 16.1 Å². The van der Waals surface area contributed by atoms with Crippen LogP contribution in [0.5, 0.6) is 0 Å². The molecule has 0 aromatic heterocycles. The number of anilines is 2. The van der Waals surface area contributed by atoms with E-state index in [2.05, 4.69) is 5.32 Å². The number of alkyl halides is 3. The normalized spacial score (nSPS) is 12.1. The van der Waals surface area contributed by atoms with Crippen LogP contribution in [0.15, 0.2) is 47.4 Å². The molecule has 5 nitrogen and oxygen atoms in total. The highest BCUT2D eigenvalue weighted by Crippen LogP contribution is 2.37. The Kier molecular flexibility index (Phi) is 5.84. The lowest BCUT2D eigenvalue weighted by atomic mass is 10.0. The summed E-state index contributed by atoms with van der Waals surface area (Å²) in [5.41, 5.74) is -0.996. The summed E-state index contributed by atoms with van der Waals surface area (Å²) in [7, 11) is -4.21. The van der Waals surface area contributed by atoms with Crippen LogP contribution >= 0.6 is 0 Å². The molecule has 2 aromatic rings. The van der Waals surface area contributed by atoms with Gasteiger partial charge >= 0.3 is 6.18 Å². The van der Waals surface area contributed by atoms with Crippen LogP contribution in [0.4, 0.5) is 24.5 Å². The molecule has 0 aliphatic rings. The second-order valence-electron chi connectivity index (χ2n) is 6.27. The number of halogens is 3. The molecule has 146 valence electrons. The predicted octanol–water partition coefficient (Wildman–Crippen LogP) is 4.59. The number of carbonyl (C=O) groups excluding carboxylic acids is 1. The average molecular weight is 400 g/mol. The van der Waals surface area contributed by atoms with Crippen LogP contribution in [-0.2, 0) is 21.0 Å². The summed E-state index contributed by atoms with van der Waals surface area (Å²) >= 11 is 0. The van der Waals surface area contributed by atoms with E-state index < -0.39 is 33.4 Å². The Morgan fingerprint density at radius 1 is 1.04 bits per heavy atom. The predicted molar refractivity (Wildman–Crippen MR) is 97.1 cm³/mol. The summed E-state index contributed by atoms with van der Waals surface area (Å²) in [6.07, 6.45) is -4.81. The molecule has 0 spiro atoms. The number of nitrogens with one attached hydrogen (secondary N) is 2. The number of hydrogen-bond acceptors (Lipinski definition) is 3. The standard InChI is InChI=1S/C18H19F3N2O3S/c1-11(2)13-4-7-15(8-5-13)27(25,26)23-17-9-6-14(22-12(3)24)10-16(17)18(19,20)21/h4-11,23H,1-3H3,(H,22,24). The molecule has 2 N–H and O–H groups in total. The van der Waals surface area contributed by atoms with E-state index in [1.807, 2.05) is 18.6 Å². The second kappa shape index (κ2) is 7.59. The quantitative estimate of drug-likeness (QED) is 0.771. The molecule has 0 bridgehead atoms. The smallest absolute Gasteiger partial charge is 0.326 e. The molecule has 0 saturated heterocycles. The lowest BCUT2D eigenvalue weighted by Crippen LogP contribution is -2.18. The monoisotopic (exact) mass is 400 g/mol. The fourth-order valence-corrected chi connectivity index (χ4v) is 3.46. The van der Waals surface area contributed by atoms with Crippen LogP contribution in [0.25, 0.3) is 0 Å². The Morgan fingerprint density at radius 3 is 2.11 bits per heavy atom. The van der Waals surface area contributed by atoms with Crippen LogP contribution < -0.4 is 10.0 Å². The van der Waals surface area contributed by atoms with E-state index in [1.54, 1.807) is 12.1 Å². The van der Waals surface area contributed by atoms with E-state index in [0.29, 0.717) is 6.07 Å². The molecule has 0 radical (unpaired) electrons. The van der Waals surface area contributed by atoms with Crippen molar-refractivity contribution in [2.75, 3.05) is 10.0 Å². The third-order valence-electron chi connectivity index (χ3n) is 3.75. The van der Waals surface area contributed by atoms with Gasteiger partial charge in [-0.15, -0.1) is 0 Å². The van der Waals surface area contributed by atoms with Crippen molar-refractivity contribution in [2.24, 2.45) is 0 Å². The van der Waals surface area contributed by atoms with Crippen molar-refractivity contribution in [2.45, 2.75) is 37.8 Å². The number of benzene rings is 2. The van der Waals surface area contributed by atoms with Crippen molar-refractivity contribution in [3.8, 4) is 0 Å². The lowest BCUT2D eigenvalue weighted by molar-refractivity contribution is -0.136. The summed E-state index contributed by atoms with van der Waals surface area (Å²) in [6.45, 7) is 5.03. The largest absolute Gasteiger partial charge is 0.418 e. The number of amides is 1. The van der Waals surface area contributed by atoms with Gasteiger partial charge in [-0.05, 0) is 41.8 Å². The van der Waals surface area contributed by atoms with Gasteiger partial charge in [0, 0.05) is 12.6 Å². The third-order valence-corrected chi connectivity index (χ3v) is 5.13. The first-order chi connectivity index (χ1) is 12.4.